The standard InChI is InChI=1S/C9H15N5/c10-8-6-9(12-7-11-8)13-14-4-2-1-3-5-14/h6-7H,1-5H2,(H3,10,11,12,13). The topological polar surface area (TPSA) is 67.1 Å². The van der Waals surface area contributed by atoms with Gasteiger partial charge in [0.2, 0.25) is 0 Å². The van der Waals surface area contributed by atoms with E-state index in [1.54, 1.807) is 6.07 Å². The van der Waals surface area contributed by atoms with Crippen LogP contribution in [0.1, 0.15) is 19.3 Å². The zero-order chi connectivity index (χ0) is 9.80. The Morgan fingerprint density at radius 1 is 1.21 bits per heavy atom. The molecule has 0 aliphatic carbocycles. The molecule has 76 valence electrons. The maximum Gasteiger partial charge on any atom is 0.145 e. The van der Waals surface area contributed by atoms with E-state index in [2.05, 4.69) is 20.4 Å². The SMILES string of the molecule is Nc1cc(NN2CCCCC2)ncn1. The number of hydrazine groups is 1. The summed E-state index contributed by atoms with van der Waals surface area (Å²) in [4.78, 5) is 7.93. The van der Waals surface area contributed by atoms with Crippen LogP contribution in [0.15, 0.2) is 12.4 Å². The Balaban J connectivity index is 1.95. The van der Waals surface area contributed by atoms with E-state index in [0.29, 0.717) is 5.82 Å². The van der Waals surface area contributed by atoms with E-state index >= 15 is 0 Å². The monoisotopic (exact) mass is 193 g/mol. The molecule has 1 saturated heterocycles. The summed E-state index contributed by atoms with van der Waals surface area (Å²) >= 11 is 0. The molecule has 0 atom stereocenters. The molecule has 5 nitrogen and oxygen atoms in total. The van der Waals surface area contributed by atoms with Gasteiger partial charge in [-0.15, -0.1) is 0 Å². The molecule has 14 heavy (non-hydrogen) atoms. The first kappa shape index (κ1) is 9.21. The molecule has 1 aromatic heterocycles. The van der Waals surface area contributed by atoms with Gasteiger partial charge in [-0.2, -0.15) is 0 Å². The van der Waals surface area contributed by atoms with E-state index in [4.69, 9.17) is 5.73 Å². The van der Waals surface area contributed by atoms with Crippen LogP contribution in [-0.4, -0.2) is 28.1 Å². The summed E-state index contributed by atoms with van der Waals surface area (Å²) in [5.74, 6) is 1.28. The van der Waals surface area contributed by atoms with Crippen LogP contribution in [0, 0.1) is 0 Å². The number of nitrogens with zero attached hydrogens (tertiary/aromatic N) is 3. The Hall–Kier alpha value is -1.36. The zero-order valence-corrected chi connectivity index (χ0v) is 8.11. The number of nitrogen functional groups attached to an aromatic ring is 1. The van der Waals surface area contributed by atoms with Crippen LogP contribution in [0.5, 0.6) is 0 Å². The van der Waals surface area contributed by atoms with Gasteiger partial charge in [0, 0.05) is 19.2 Å². The Bertz CT molecular complexity index is 295. The molecule has 1 aliphatic rings. The lowest BCUT2D eigenvalue weighted by Crippen LogP contribution is -2.35. The fourth-order valence-corrected chi connectivity index (χ4v) is 1.60. The van der Waals surface area contributed by atoms with Crippen LogP contribution in [0.3, 0.4) is 0 Å². The molecule has 2 rings (SSSR count). The van der Waals surface area contributed by atoms with E-state index in [0.717, 1.165) is 18.9 Å². The summed E-state index contributed by atoms with van der Waals surface area (Å²) in [6.45, 7) is 2.15. The quantitative estimate of drug-likeness (QED) is 0.729. The second-order valence-corrected chi connectivity index (χ2v) is 3.49. The minimum absolute atomic E-state index is 0.500. The highest BCUT2D eigenvalue weighted by atomic mass is 15.5. The third kappa shape index (κ3) is 2.32. The van der Waals surface area contributed by atoms with Crippen LogP contribution < -0.4 is 11.2 Å². The maximum absolute atomic E-state index is 5.55. The Morgan fingerprint density at radius 2 is 2.00 bits per heavy atom. The number of hydrogen-bond donors (Lipinski definition) is 2. The van der Waals surface area contributed by atoms with Crippen molar-refractivity contribution in [2.75, 3.05) is 24.2 Å². The fourth-order valence-electron chi connectivity index (χ4n) is 1.60. The van der Waals surface area contributed by atoms with Gasteiger partial charge in [-0.05, 0) is 12.8 Å². The average molecular weight is 193 g/mol. The second kappa shape index (κ2) is 4.23. The molecular formula is C9H15N5. The molecule has 1 fully saturated rings. The summed E-state index contributed by atoms with van der Waals surface area (Å²) in [6, 6.07) is 1.74. The first-order valence-corrected chi connectivity index (χ1v) is 4.94. The van der Waals surface area contributed by atoms with Crippen molar-refractivity contribution in [3.05, 3.63) is 12.4 Å². The average Bonchev–Trinajstić information content (AvgIpc) is 2.19. The van der Waals surface area contributed by atoms with Crippen molar-refractivity contribution in [2.24, 2.45) is 0 Å². The van der Waals surface area contributed by atoms with E-state index in [-0.39, 0.29) is 0 Å². The van der Waals surface area contributed by atoms with Crippen LogP contribution in [0.2, 0.25) is 0 Å². The summed E-state index contributed by atoms with van der Waals surface area (Å²) in [6.07, 6.45) is 5.28. The van der Waals surface area contributed by atoms with Gasteiger partial charge in [0.05, 0.1) is 0 Å². The fraction of sp³-hybridized carbons (Fsp3) is 0.556. The van der Waals surface area contributed by atoms with Gasteiger partial charge in [-0.25, -0.2) is 15.0 Å². The minimum Gasteiger partial charge on any atom is -0.384 e. The Labute approximate surface area is 83.3 Å². The number of piperidine rings is 1. The lowest BCUT2D eigenvalue weighted by atomic mass is 10.2. The van der Waals surface area contributed by atoms with E-state index in [9.17, 15) is 0 Å². The largest absolute Gasteiger partial charge is 0.384 e. The molecule has 0 spiro atoms. The third-order valence-corrected chi connectivity index (χ3v) is 2.32. The first-order valence-electron chi connectivity index (χ1n) is 4.94. The highest BCUT2D eigenvalue weighted by Gasteiger charge is 2.09. The number of rotatable bonds is 2. The molecule has 0 amide bonds. The number of hydrogen-bond acceptors (Lipinski definition) is 5. The number of anilines is 2. The van der Waals surface area contributed by atoms with Crippen molar-refractivity contribution >= 4 is 11.6 Å². The van der Waals surface area contributed by atoms with E-state index in [1.165, 1.54) is 25.6 Å². The van der Waals surface area contributed by atoms with Crippen molar-refractivity contribution < 1.29 is 0 Å². The molecule has 3 N–H and O–H groups in total. The lowest BCUT2D eigenvalue weighted by Gasteiger charge is -2.27. The molecule has 0 bridgehead atoms. The maximum atomic E-state index is 5.55. The van der Waals surface area contributed by atoms with Gasteiger partial charge in [0.1, 0.15) is 18.0 Å². The first-order chi connectivity index (χ1) is 6.84. The molecule has 0 radical (unpaired) electrons. The van der Waals surface area contributed by atoms with Gasteiger partial charge in [-0.3, -0.25) is 0 Å². The van der Waals surface area contributed by atoms with E-state index < -0.39 is 0 Å². The van der Waals surface area contributed by atoms with Gasteiger partial charge >= 0.3 is 0 Å². The number of aromatic nitrogens is 2. The molecule has 1 aliphatic heterocycles. The molecule has 1 aromatic rings. The highest BCUT2D eigenvalue weighted by molar-refractivity contribution is 5.42. The predicted molar refractivity (Wildman–Crippen MR) is 55.5 cm³/mol. The van der Waals surface area contributed by atoms with Crippen LogP contribution >= 0.6 is 0 Å². The zero-order valence-electron chi connectivity index (χ0n) is 8.11. The third-order valence-electron chi connectivity index (χ3n) is 2.32. The van der Waals surface area contributed by atoms with Crippen molar-refractivity contribution in [3.8, 4) is 0 Å². The Kier molecular flexibility index (Phi) is 2.78. The van der Waals surface area contributed by atoms with E-state index in [1.807, 2.05) is 0 Å². The molecule has 0 aromatic carbocycles. The number of nitrogens with one attached hydrogen (secondary N) is 1. The smallest absolute Gasteiger partial charge is 0.145 e. The molecule has 0 saturated carbocycles. The van der Waals surface area contributed by atoms with Crippen LogP contribution in [0.25, 0.3) is 0 Å². The molecule has 2 heterocycles. The highest BCUT2D eigenvalue weighted by Crippen LogP contribution is 2.11. The van der Waals surface area contributed by atoms with Crippen molar-refractivity contribution in [3.63, 3.8) is 0 Å². The van der Waals surface area contributed by atoms with Crippen molar-refractivity contribution in [2.45, 2.75) is 19.3 Å². The Morgan fingerprint density at radius 3 is 2.71 bits per heavy atom. The van der Waals surface area contributed by atoms with Gasteiger partial charge in [-0.1, -0.05) is 6.42 Å². The predicted octanol–water partition coefficient (Wildman–Crippen LogP) is 0.872. The minimum atomic E-state index is 0.500. The van der Waals surface area contributed by atoms with Gasteiger partial charge in [0.15, 0.2) is 0 Å². The second-order valence-electron chi connectivity index (χ2n) is 3.49. The van der Waals surface area contributed by atoms with Gasteiger partial charge in [0.25, 0.3) is 0 Å². The summed E-state index contributed by atoms with van der Waals surface area (Å²) in [5.41, 5.74) is 8.78. The lowest BCUT2D eigenvalue weighted by molar-refractivity contribution is 0.272. The molecular weight excluding hydrogens is 178 g/mol. The summed E-state index contributed by atoms with van der Waals surface area (Å²) < 4.78 is 0. The summed E-state index contributed by atoms with van der Waals surface area (Å²) in [5, 5.41) is 2.17. The van der Waals surface area contributed by atoms with Crippen LogP contribution in [0.4, 0.5) is 11.6 Å². The summed E-state index contributed by atoms with van der Waals surface area (Å²) in [7, 11) is 0. The normalized spacial score (nSPS) is 18.0. The van der Waals surface area contributed by atoms with Crippen LogP contribution in [-0.2, 0) is 0 Å². The van der Waals surface area contributed by atoms with Crippen molar-refractivity contribution in [1.82, 2.24) is 15.0 Å². The molecule has 0 unspecified atom stereocenters. The molecule has 5 heteroatoms. The number of nitrogens with two attached hydrogens (primary N) is 1. The van der Waals surface area contributed by atoms with Crippen molar-refractivity contribution in [1.29, 1.82) is 0 Å². The van der Waals surface area contributed by atoms with Gasteiger partial charge < -0.3 is 11.2 Å².